The molecule has 2 heterocycles. The van der Waals surface area contributed by atoms with Crippen LogP contribution in [0.15, 0.2) is 35.7 Å². The molecule has 1 N–H and O–H groups in total. The fraction of sp³-hybridized carbons (Fsp3) is 0.412. The van der Waals surface area contributed by atoms with Crippen molar-refractivity contribution in [2.24, 2.45) is 0 Å². The summed E-state index contributed by atoms with van der Waals surface area (Å²) in [5, 5.41) is 6.26. The van der Waals surface area contributed by atoms with Gasteiger partial charge in [0.05, 0.1) is 5.69 Å². The maximum atomic E-state index is 11.6. The van der Waals surface area contributed by atoms with E-state index in [0.717, 1.165) is 42.3 Å². The Morgan fingerprint density at radius 2 is 2.23 bits per heavy atom. The molecule has 0 radical (unpaired) electrons. The van der Waals surface area contributed by atoms with E-state index in [4.69, 9.17) is 4.98 Å². The van der Waals surface area contributed by atoms with Crippen molar-refractivity contribution in [2.75, 3.05) is 18.0 Å². The van der Waals surface area contributed by atoms with E-state index in [-0.39, 0.29) is 11.9 Å². The summed E-state index contributed by atoms with van der Waals surface area (Å²) in [6.07, 6.45) is 2.69. The molecule has 3 rings (SSSR count). The van der Waals surface area contributed by atoms with E-state index in [1.54, 1.807) is 11.3 Å². The van der Waals surface area contributed by atoms with Crippen LogP contribution in [0.5, 0.6) is 0 Å². The molecule has 1 saturated heterocycles. The summed E-state index contributed by atoms with van der Waals surface area (Å²) < 4.78 is 0. The number of benzene rings is 1. The van der Waals surface area contributed by atoms with Crippen molar-refractivity contribution in [1.29, 1.82) is 0 Å². The Hall–Kier alpha value is -1.88. The molecule has 116 valence electrons. The Bertz CT molecular complexity index is 626. The molecule has 1 fully saturated rings. The summed E-state index contributed by atoms with van der Waals surface area (Å²) in [4.78, 5) is 18.6. The van der Waals surface area contributed by atoms with Gasteiger partial charge in [0.25, 0.3) is 0 Å². The first-order valence-electron chi connectivity index (χ1n) is 7.81. The Morgan fingerprint density at radius 3 is 3.00 bits per heavy atom. The quantitative estimate of drug-likeness (QED) is 0.941. The van der Waals surface area contributed by atoms with Crippen LogP contribution in [0.2, 0.25) is 0 Å². The van der Waals surface area contributed by atoms with E-state index >= 15 is 0 Å². The van der Waals surface area contributed by atoms with Crippen LogP contribution in [0.1, 0.15) is 26.2 Å². The molecule has 1 aromatic carbocycles. The SMILES string of the molecule is CCC(=O)NC1CCCN(c2nc(-c3ccccc3)cs2)C1. The average molecular weight is 315 g/mol. The van der Waals surface area contributed by atoms with E-state index < -0.39 is 0 Å². The number of nitrogens with zero attached hydrogens (tertiary/aromatic N) is 2. The van der Waals surface area contributed by atoms with Crippen LogP contribution >= 0.6 is 11.3 Å². The second-order valence-corrected chi connectivity index (χ2v) is 6.42. The van der Waals surface area contributed by atoms with Crippen molar-refractivity contribution in [3.8, 4) is 11.3 Å². The van der Waals surface area contributed by atoms with Crippen LogP contribution in [0.4, 0.5) is 5.13 Å². The summed E-state index contributed by atoms with van der Waals surface area (Å²) in [5.41, 5.74) is 2.18. The number of amides is 1. The molecule has 4 nitrogen and oxygen atoms in total. The lowest BCUT2D eigenvalue weighted by Crippen LogP contribution is -2.47. The fourth-order valence-electron chi connectivity index (χ4n) is 2.75. The third kappa shape index (κ3) is 3.47. The molecule has 2 aromatic rings. The van der Waals surface area contributed by atoms with Gasteiger partial charge in [-0.1, -0.05) is 37.3 Å². The normalized spacial score (nSPS) is 18.2. The van der Waals surface area contributed by atoms with Gasteiger partial charge in [0.2, 0.25) is 5.91 Å². The maximum Gasteiger partial charge on any atom is 0.219 e. The second-order valence-electron chi connectivity index (χ2n) is 5.59. The number of piperidine rings is 1. The summed E-state index contributed by atoms with van der Waals surface area (Å²) in [7, 11) is 0. The Labute approximate surface area is 135 Å². The molecule has 0 bridgehead atoms. The zero-order valence-corrected chi connectivity index (χ0v) is 13.6. The molecule has 1 aliphatic rings. The molecule has 1 aromatic heterocycles. The third-order valence-corrected chi connectivity index (χ3v) is 4.84. The molecular weight excluding hydrogens is 294 g/mol. The predicted octanol–water partition coefficient (Wildman–Crippen LogP) is 3.31. The van der Waals surface area contributed by atoms with Gasteiger partial charge in [-0.05, 0) is 12.8 Å². The Morgan fingerprint density at radius 1 is 1.41 bits per heavy atom. The fourth-order valence-corrected chi connectivity index (χ4v) is 3.62. The zero-order valence-electron chi connectivity index (χ0n) is 12.8. The topological polar surface area (TPSA) is 45.2 Å². The lowest BCUT2D eigenvalue weighted by atomic mass is 10.1. The highest BCUT2D eigenvalue weighted by molar-refractivity contribution is 7.14. The molecule has 22 heavy (non-hydrogen) atoms. The van der Waals surface area contributed by atoms with E-state index in [0.29, 0.717) is 6.42 Å². The highest BCUT2D eigenvalue weighted by Crippen LogP contribution is 2.29. The minimum absolute atomic E-state index is 0.135. The first kappa shape index (κ1) is 15.0. The van der Waals surface area contributed by atoms with Gasteiger partial charge >= 0.3 is 0 Å². The molecule has 1 amide bonds. The average Bonchev–Trinajstić information content (AvgIpc) is 3.06. The van der Waals surface area contributed by atoms with Crippen LogP contribution < -0.4 is 10.2 Å². The van der Waals surface area contributed by atoms with Gasteiger partial charge in [-0.3, -0.25) is 4.79 Å². The van der Waals surface area contributed by atoms with E-state index in [1.165, 1.54) is 0 Å². The van der Waals surface area contributed by atoms with Crippen molar-refractivity contribution in [2.45, 2.75) is 32.2 Å². The largest absolute Gasteiger partial charge is 0.352 e. The summed E-state index contributed by atoms with van der Waals surface area (Å²) in [5.74, 6) is 0.135. The smallest absolute Gasteiger partial charge is 0.219 e. The number of carbonyl (C=O) groups is 1. The Kier molecular flexibility index (Phi) is 4.73. The number of carbonyl (C=O) groups excluding carboxylic acids is 1. The summed E-state index contributed by atoms with van der Waals surface area (Å²) in [6.45, 7) is 3.76. The summed E-state index contributed by atoms with van der Waals surface area (Å²) >= 11 is 1.68. The van der Waals surface area contributed by atoms with Gasteiger partial charge in [0.15, 0.2) is 5.13 Å². The van der Waals surface area contributed by atoms with Crippen molar-refractivity contribution in [3.05, 3.63) is 35.7 Å². The van der Waals surface area contributed by atoms with Gasteiger partial charge < -0.3 is 10.2 Å². The lowest BCUT2D eigenvalue weighted by molar-refractivity contribution is -0.121. The van der Waals surface area contributed by atoms with Gasteiger partial charge in [-0.2, -0.15) is 0 Å². The number of hydrogen-bond acceptors (Lipinski definition) is 4. The van der Waals surface area contributed by atoms with Crippen LogP contribution in [-0.2, 0) is 4.79 Å². The minimum Gasteiger partial charge on any atom is -0.352 e. The molecule has 0 aliphatic carbocycles. The number of hydrogen-bond donors (Lipinski definition) is 1. The molecule has 0 saturated carbocycles. The predicted molar refractivity (Wildman–Crippen MR) is 91.2 cm³/mol. The van der Waals surface area contributed by atoms with Gasteiger partial charge in [0.1, 0.15) is 0 Å². The third-order valence-electron chi connectivity index (χ3n) is 3.94. The molecule has 1 aliphatic heterocycles. The van der Waals surface area contributed by atoms with Crippen LogP contribution in [-0.4, -0.2) is 30.0 Å². The van der Waals surface area contributed by atoms with Gasteiger partial charge in [-0.15, -0.1) is 11.3 Å². The van der Waals surface area contributed by atoms with Crippen molar-refractivity contribution >= 4 is 22.4 Å². The molecular formula is C17H21N3OS. The van der Waals surface area contributed by atoms with E-state index in [9.17, 15) is 4.79 Å². The number of aromatic nitrogens is 1. The van der Waals surface area contributed by atoms with Crippen molar-refractivity contribution in [1.82, 2.24) is 10.3 Å². The molecule has 1 atom stereocenters. The number of thiazole rings is 1. The summed E-state index contributed by atoms with van der Waals surface area (Å²) in [6, 6.07) is 10.5. The van der Waals surface area contributed by atoms with Gasteiger partial charge in [-0.25, -0.2) is 4.98 Å². The van der Waals surface area contributed by atoms with Crippen molar-refractivity contribution < 1.29 is 4.79 Å². The maximum absolute atomic E-state index is 11.6. The van der Waals surface area contributed by atoms with Crippen molar-refractivity contribution in [3.63, 3.8) is 0 Å². The Balaban J connectivity index is 1.69. The highest BCUT2D eigenvalue weighted by atomic mass is 32.1. The number of nitrogens with one attached hydrogen (secondary N) is 1. The van der Waals surface area contributed by atoms with E-state index in [2.05, 4.69) is 27.7 Å². The monoisotopic (exact) mass is 315 g/mol. The highest BCUT2D eigenvalue weighted by Gasteiger charge is 2.23. The zero-order chi connectivity index (χ0) is 15.4. The number of rotatable bonds is 4. The molecule has 5 heteroatoms. The first-order valence-corrected chi connectivity index (χ1v) is 8.69. The lowest BCUT2D eigenvalue weighted by Gasteiger charge is -2.32. The second kappa shape index (κ2) is 6.92. The minimum atomic E-state index is 0.135. The van der Waals surface area contributed by atoms with Crippen LogP contribution in [0.3, 0.4) is 0 Å². The number of anilines is 1. The molecule has 1 unspecified atom stereocenters. The van der Waals surface area contributed by atoms with Crippen LogP contribution in [0, 0.1) is 0 Å². The standard InChI is InChI=1S/C17H21N3OS/c1-2-16(21)18-14-9-6-10-20(11-14)17-19-15(12-22-17)13-7-4-3-5-8-13/h3-5,7-8,12,14H,2,6,9-11H2,1H3,(H,18,21). The molecule has 0 spiro atoms. The van der Waals surface area contributed by atoms with Gasteiger partial charge in [0, 0.05) is 36.5 Å². The van der Waals surface area contributed by atoms with Crippen LogP contribution in [0.25, 0.3) is 11.3 Å². The first-order chi connectivity index (χ1) is 10.8. The van der Waals surface area contributed by atoms with E-state index in [1.807, 2.05) is 25.1 Å².